The molecule has 0 bridgehead atoms. The molecule has 124 valence electrons. The van der Waals surface area contributed by atoms with E-state index >= 15 is 0 Å². The van der Waals surface area contributed by atoms with Gasteiger partial charge in [-0.3, -0.25) is 0 Å². The van der Waals surface area contributed by atoms with Crippen LogP contribution in [0.25, 0.3) is 11.4 Å². The van der Waals surface area contributed by atoms with E-state index in [-0.39, 0.29) is 6.61 Å². The van der Waals surface area contributed by atoms with E-state index in [9.17, 15) is 0 Å². The van der Waals surface area contributed by atoms with E-state index < -0.39 is 0 Å². The minimum Gasteiger partial charge on any atom is -0.497 e. The predicted molar refractivity (Wildman–Crippen MR) is 88.1 cm³/mol. The first-order valence-electron chi connectivity index (χ1n) is 7.37. The van der Waals surface area contributed by atoms with Crippen molar-refractivity contribution in [2.75, 3.05) is 14.2 Å². The molecular formula is C17H18N4O3. The first-order valence-corrected chi connectivity index (χ1v) is 7.37. The second-order valence-electron chi connectivity index (χ2n) is 5.00. The lowest BCUT2D eigenvalue weighted by atomic mass is 10.2. The van der Waals surface area contributed by atoms with E-state index in [0.29, 0.717) is 23.3 Å². The fraction of sp³-hybridized carbons (Fsp3) is 0.235. The summed E-state index contributed by atoms with van der Waals surface area (Å²) in [6.45, 7) is 0.254. The number of nitrogens with zero attached hydrogens (tertiary/aromatic N) is 4. The Morgan fingerprint density at radius 2 is 1.88 bits per heavy atom. The van der Waals surface area contributed by atoms with E-state index in [2.05, 4.69) is 15.1 Å². The Kier molecular flexibility index (Phi) is 4.60. The number of hydrogen-bond acceptors (Lipinski definition) is 6. The van der Waals surface area contributed by atoms with Gasteiger partial charge in [-0.15, -0.1) is 0 Å². The molecule has 0 saturated carbocycles. The van der Waals surface area contributed by atoms with Crippen molar-refractivity contribution < 1.29 is 14.2 Å². The third-order valence-corrected chi connectivity index (χ3v) is 3.42. The summed E-state index contributed by atoms with van der Waals surface area (Å²) in [6, 6.07) is 11.1. The number of methoxy groups -OCH3 is 2. The molecule has 0 amide bonds. The van der Waals surface area contributed by atoms with Crippen molar-refractivity contribution in [2.24, 2.45) is 7.05 Å². The molecular weight excluding hydrogens is 308 g/mol. The standard InChI is InChI=1S/C17H18N4O3/c1-21-16(14-8-5-9-18-17(14)23-3)19-15(20-21)11-24-13-7-4-6-12(10-13)22-2/h4-10H,11H2,1-3H3. The minimum atomic E-state index is 0.254. The van der Waals surface area contributed by atoms with Gasteiger partial charge in [-0.2, -0.15) is 5.10 Å². The summed E-state index contributed by atoms with van der Waals surface area (Å²) in [7, 11) is 5.02. The van der Waals surface area contributed by atoms with Crippen LogP contribution in [0.2, 0.25) is 0 Å². The molecule has 0 spiro atoms. The highest BCUT2D eigenvalue weighted by molar-refractivity contribution is 5.61. The van der Waals surface area contributed by atoms with Gasteiger partial charge in [0.25, 0.3) is 0 Å². The van der Waals surface area contributed by atoms with Crippen LogP contribution in [0.15, 0.2) is 42.6 Å². The number of rotatable bonds is 6. The van der Waals surface area contributed by atoms with Crippen LogP contribution in [0.1, 0.15) is 5.82 Å². The summed E-state index contributed by atoms with van der Waals surface area (Å²) in [6.07, 6.45) is 1.67. The van der Waals surface area contributed by atoms with Gasteiger partial charge >= 0.3 is 0 Å². The molecule has 0 radical (unpaired) electrons. The molecule has 2 aromatic heterocycles. The van der Waals surface area contributed by atoms with Gasteiger partial charge in [0.1, 0.15) is 18.1 Å². The van der Waals surface area contributed by atoms with Crippen LogP contribution in [-0.2, 0) is 13.7 Å². The van der Waals surface area contributed by atoms with Crippen LogP contribution in [0, 0.1) is 0 Å². The quantitative estimate of drug-likeness (QED) is 0.693. The van der Waals surface area contributed by atoms with Gasteiger partial charge in [0.05, 0.1) is 19.8 Å². The van der Waals surface area contributed by atoms with E-state index in [4.69, 9.17) is 14.2 Å². The zero-order valence-corrected chi connectivity index (χ0v) is 13.8. The summed E-state index contributed by atoms with van der Waals surface area (Å²) in [5, 5.41) is 4.39. The fourth-order valence-corrected chi connectivity index (χ4v) is 2.30. The van der Waals surface area contributed by atoms with Crippen molar-refractivity contribution in [2.45, 2.75) is 6.61 Å². The maximum Gasteiger partial charge on any atom is 0.224 e. The molecule has 0 unspecified atom stereocenters. The van der Waals surface area contributed by atoms with E-state index in [0.717, 1.165) is 11.3 Å². The van der Waals surface area contributed by atoms with E-state index in [1.54, 1.807) is 25.1 Å². The summed E-state index contributed by atoms with van der Waals surface area (Å²) >= 11 is 0. The van der Waals surface area contributed by atoms with Crippen molar-refractivity contribution >= 4 is 0 Å². The van der Waals surface area contributed by atoms with Crippen molar-refractivity contribution in [1.82, 2.24) is 19.7 Å². The van der Waals surface area contributed by atoms with Crippen molar-refractivity contribution in [1.29, 1.82) is 0 Å². The lowest BCUT2D eigenvalue weighted by Crippen LogP contribution is -1.99. The molecule has 0 aliphatic carbocycles. The Hall–Kier alpha value is -3.09. The van der Waals surface area contributed by atoms with Crippen LogP contribution in [0.5, 0.6) is 17.4 Å². The Morgan fingerprint density at radius 1 is 1.04 bits per heavy atom. The normalized spacial score (nSPS) is 10.5. The molecule has 0 fully saturated rings. The van der Waals surface area contributed by atoms with Gasteiger partial charge < -0.3 is 14.2 Å². The smallest absolute Gasteiger partial charge is 0.224 e. The van der Waals surface area contributed by atoms with Gasteiger partial charge in [0.2, 0.25) is 5.88 Å². The van der Waals surface area contributed by atoms with E-state index in [1.165, 1.54) is 0 Å². The van der Waals surface area contributed by atoms with Gasteiger partial charge in [-0.1, -0.05) is 6.07 Å². The Morgan fingerprint density at radius 3 is 2.67 bits per heavy atom. The van der Waals surface area contributed by atoms with Crippen LogP contribution < -0.4 is 14.2 Å². The summed E-state index contributed by atoms with van der Waals surface area (Å²) in [5.41, 5.74) is 0.780. The van der Waals surface area contributed by atoms with Gasteiger partial charge in [0.15, 0.2) is 11.6 Å². The largest absolute Gasteiger partial charge is 0.497 e. The first-order chi connectivity index (χ1) is 11.7. The highest BCUT2D eigenvalue weighted by atomic mass is 16.5. The zero-order valence-electron chi connectivity index (χ0n) is 13.8. The number of ether oxygens (including phenoxy) is 3. The first kappa shape index (κ1) is 15.8. The number of pyridine rings is 1. The zero-order chi connectivity index (χ0) is 16.9. The number of aromatic nitrogens is 4. The second-order valence-corrected chi connectivity index (χ2v) is 5.00. The Bertz CT molecular complexity index is 832. The Labute approximate surface area is 139 Å². The summed E-state index contributed by atoms with van der Waals surface area (Å²) in [4.78, 5) is 8.71. The average molecular weight is 326 g/mol. The molecule has 24 heavy (non-hydrogen) atoms. The molecule has 3 aromatic rings. The average Bonchev–Trinajstić information content (AvgIpc) is 3.00. The second kappa shape index (κ2) is 6.99. The highest BCUT2D eigenvalue weighted by Crippen LogP contribution is 2.26. The third kappa shape index (κ3) is 3.29. The minimum absolute atomic E-state index is 0.254. The monoisotopic (exact) mass is 326 g/mol. The maximum atomic E-state index is 5.73. The highest BCUT2D eigenvalue weighted by Gasteiger charge is 2.15. The molecule has 0 N–H and O–H groups in total. The molecule has 7 heteroatoms. The van der Waals surface area contributed by atoms with Crippen molar-refractivity contribution in [3.63, 3.8) is 0 Å². The SMILES string of the molecule is COc1cccc(OCc2nc(-c3cccnc3OC)n(C)n2)c1. The van der Waals surface area contributed by atoms with Crippen molar-refractivity contribution in [3.05, 3.63) is 48.4 Å². The number of aryl methyl sites for hydroxylation is 1. The summed E-state index contributed by atoms with van der Waals surface area (Å²) in [5.74, 6) is 3.18. The van der Waals surface area contributed by atoms with Crippen LogP contribution in [0.4, 0.5) is 0 Å². The van der Waals surface area contributed by atoms with E-state index in [1.807, 2.05) is 43.4 Å². The third-order valence-electron chi connectivity index (χ3n) is 3.42. The molecule has 2 heterocycles. The Balaban J connectivity index is 1.79. The van der Waals surface area contributed by atoms with Crippen LogP contribution in [-0.4, -0.2) is 34.0 Å². The molecule has 0 aliphatic heterocycles. The number of hydrogen-bond donors (Lipinski definition) is 0. The summed E-state index contributed by atoms with van der Waals surface area (Å²) < 4.78 is 17.9. The maximum absolute atomic E-state index is 5.73. The molecule has 0 saturated heterocycles. The lowest BCUT2D eigenvalue weighted by molar-refractivity contribution is 0.293. The predicted octanol–water partition coefficient (Wildman–Crippen LogP) is 2.47. The molecule has 0 atom stereocenters. The molecule has 7 nitrogen and oxygen atoms in total. The van der Waals surface area contributed by atoms with Crippen LogP contribution >= 0.6 is 0 Å². The molecule has 1 aromatic carbocycles. The lowest BCUT2D eigenvalue weighted by Gasteiger charge is -2.05. The topological polar surface area (TPSA) is 71.3 Å². The van der Waals surface area contributed by atoms with Crippen molar-refractivity contribution in [3.8, 4) is 28.8 Å². The molecule has 0 aliphatic rings. The number of benzene rings is 1. The fourth-order valence-electron chi connectivity index (χ4n) is 2.30. The van der Waals surface area contributed by atoms with Gasteiger partial charge in [-0.25, -0.2) is 14.6 Å². The van der Waals surface area contributed by atoms with Gasteiger partial charge in [0, 0.05) is 19.3 Å². The van der Waals surface area contributed by atoms with Crippen LogP contribution in [0.3, 0.4) is 0 Å². The van der Waals surface area contributed by atoms with Gasteiger partial charge in [-0.05, 0) is 24.3 Å². The molecule has 3 rings (SSSR count).